The first-order valence-corrected chi connectivity index (χ1v) is 10.5. The average molecular weight is 426 g/mol. The number of nitrogens with zero attached hydrogens (tertiary/aromatic N) is 3. The summed E-state index contributed by atoms with van der Waals surface area (Å²) in [6.07, 6.45) is 0. The third-order valence-corrected chi connectivity index (χ3v) is 5.97. The molecular formula is C22H17Cl2N3S. The lowest BCUT2D eigenvalue weighted by molar-refractivity contribution is 0.886. The molecule has 6 heteroatoms. The van der Waals surface area contributed by atoms with Crippen LogP contribution >= 0.6 is 35.0 Å². The largest absolute Gasteiger partial charge is 0.270 e. The van der Waals surface area contributed by atoms with E-state index in [1.165, 1.54) is 0 Å². The summed E-state index contributed by atoms with van der Waals surface area (Å²) in [7, 11) is 0. The Hall–Kier alpha value is -2.27. The summed E-state index contributed by atoms with van der Waals surface area (Å²) in [6, 6.07) is 23.9. The number of aryl methyl sites for hydroxylation is 1. The number of aromatic nitrogens is 3. The molecule has 0 saturated carbocycles. The van der Waals surface area contributed by atoms with E-state index in [1.807, 2.05) is 42.5 Å². The van der Waals surface area contributed by atoms with E-state index in [1.54, 1.807) is 17.8 Å². The number of rotatable bonds is 5. The number of benzene rings is 3. The van der Waals surface area contributed by atoms with Crippen LogP contribution in [-0.4, -0.2) is 14.8 Å². The maximum Gasteiger partial charge on any atom is 0.196 e. The summed E-state index contributed by atoms with van der Waals surface area (Å²) in [4.78, 5) is 0. The van der Waals surface area contributed by atoms with Gasteiger partial charge in [-0.15, -0.1) is 10.2 Å². The lowest BCUT2D eigenvalue weighted by Gasteiger charge is -2.12. The normalized spacial score (nSPS) is 11.0. The first-order chi connectivity index (χ1) is 13.6. The Kier molecular flexibility index (Phi) is 5.72. The van der Waals surface area contributed by atoms with E-state index in [0.717, 1.165) is 33.4 Å². The molecule has 3 aromatic carbocycles. The first kappa shape index (κ1) is 19.1. The van der Waals surface area contributed by atoms with Gasteiger partial charge in [0.05, 0.1) is 0 Å². The fraction of sp³-hybridized carbons (Fsp3) is 0.0909. The highest BCUT2D eigenvalue weighted by atomic mass is 35.5. The van der Waals surface area contributed by atoms with Crippen LogP contribution in [0.25, 0.3) is 17.1 Å². The Labute approximate surface area is 178 Å². The molecule has 28 heavy (non-hydrogen) atoms. The number of hydrogen-bond acceptors (Lipinski definition) is 3. The van der Waals surface area contributed by atoms with Crippen molar-refractivity contribution in [1.29, 1.82) is 0 Å². The van der Waals surface area contributed by atoms with Gasteiger partial charge in [0.15, 0.2) is 11.0 Å². The minimum Gasteiger partial charge on any atom is -0.270 e. The lowest BCUT2D eigenvalue weighted by atomic mass is 10.1. The van der Waals surface area contributed by atoms with Crippen molar-refractivity contribution in [2.45, 2.75) is 17.8 Å². The van der Waals surface area contributed by atoms with Crippen LogP contribution in [0.15, 0.2) is 78.0 Å². The number of thioether (sulfide) groups is 1. The average Bonchev–Trinajstić information content (AvgIpc) is 3.12. The smallest absolute Gasteiger partial charge is 0.196 e. The maximum atomic E-state index is 6.33. The topological polar surface area (TPSA) is 30.7 Å². The summed E-state index contributed by atoms with van der Waals surface area (Å²) in [5, 5.41) is 11.1. The van der Waals surface area contributed by atoms with Gasteiger partial charge in [0.25, 0.3) is 0 Å². The van der Waals surface area contributed by atoms with Crippen molar-refractivity contribution in [3.05, 3.63) is 94.0 Å². The van der Waals surface area contributed by atoms with Crippen LogP contribution in [0.4, 0.5) is 0 Å². The monoisotopic (exact) mass is 425 g/mol. The van der Waals surface area contributed by atoms with Gasteiger partial charge in [-0.1, -0.05) is 83.5 Å². The second kappa shape index (κ2) is 8.39. The molecule has 1 aromatic heterocycles. The van der Waals surface area contributed by atoms with E-state index >= 15 is 0 Å². The van der Waals surface area contributed by atoms with Crippen molar-refractivity contribution in [2.24, 2.45) is 0 Å². The minimum absolute atomic E-state index is 0.632. The maximum absolute atomic E-state index is 6.33. The van der Waals surface area contributed by atoms with Crippen molar-refractivity contribution in [1.82, 2.24) is 14.8 Å². The Morgan fingerprint density at radius 1 is 0.893 bits per heavy atom. The van der Waals surface area contributed by atoms with Gasteiger partial charge in [-0.05, 0) is 42.3 Å². The molecule has 0 saturated heterocycles. The van der Waals surface area contributed by atoms with Crippen LogP contribution in [0.3, 0.4) is 0 Å². The zero-order valence-corrected chi connectivity index (χ0v) is 17.5. The zero-order valence-electron chi connectivity index (χ0n) is 15.1. The number of halogens is 2. The highest BCUT2D eigenvalue weighted by molar-refractivity contribution is 7.98. The Bertz CT molecular complexity index is 1110. The molecule has 0 aliphatic carbocycles. The molecule has 0 aliphatic heterocycles. The molecule has 0 radical (unpaired) electrons. The minimum atomic E-state index is 0.632. The number of hydrogen-bond donors (Lipinski definition) is 0. The van der Waals surface area contributed by atoms with Crippen molar-refractivity contribution >= 4 is 35.0 Å². The van der Waals surface area contributed by atoms with E-state index in [-0.39, 0.29) is 0 Å². The second-order valence-electron chi connectivity index (χ2n) is 6.32. The van der Waals surface area contributed by atoms with E-state index in [2.05, 4.69) is 46.0 Å². The van der Waals surface area contributed by atoms with Crippen LogP contribution < -0.4 is 0 Å². The van der Waals surface area contributed by atoms with Crippen LogP contribution in [0.5, 0.6) is 0 Å². The molecule has 0 amide bonds. The van der Waals surface area contributed by atoms with Gasteiger partial charge in [-0.2, -0.15) is 0 Å². The standard InChI is InChI=1S/C22H17Cl2N3S/c1-15-7-5-6-10-19(15)21-25-26-22(27(21)18-8-3-2-4-9-18)28-14-16-11-12-17(23)13-20(16)24/h2-13H,14H2,1H3. The van der Waals surface area contributed by atoms with Gasteiger partial charge in [-0.25, -0.2) is 0 Å². The zero-order chi connectivity index (χ0) is 19.5. The second-order valence-corrected chi connectivity index (χ2v) is 8.10. The van der Waals surface area contributed by atoms with Gasteiger partial charge < -0.3 is 0 Å². The Balaban J connectivity index is 1.74. The molecule has 140 valence electrons. The molecule has 4 rings (SSSR count). The van der Waals surface area contributed by atoms with E-state index < -0.39 is 0 Å². The third kappa shape index (κ3) is 3.95. The fourth-order valence-electron chi connectivity index (χ4n) is 2.95. The molecule has 1 heterocycles. The van der Waals surface area contributed by atoms with Crippen molar-refractivity contribution in [3.8, 4) is 17.1 Å². The van der Waals surface area contributed by atoms with E-state index in [9.17, 15) is 0 Å². The SMILES string of the molecule is Cc1ccccc1-c1nnc(SCc2ccc(Cl)cc2Cl)n1-c1ccccc1. The van der Waals surface area contributed by atoms with Crippen LogP contribution in [-0.2, 0) is 5.75 Å². The van der Waals surface area contributed by atoms with Crippen molar-refractivity contribution in [3.63, 3.8) is 0 Å². The third-order valence-electron chi connectivity index (χ3n) is 4.41. The molecular weight excluding hydrogens is 409 g/mol. The fourth-order valence-corrected chi connectivity index (χ4v) is 4.46. The Morgan fingerprint density at radius 3 is 2.39 bits per heavy atom. The van der Waals surface area contributed by atoms with Gasteiger partial charge in [-0.3, -0.25) is 4.57 Å². The van der Waals surface area contributed by atoms with Gasteiger partial charge in [0.2, 0.25) is 0 Å². The molecule has 0 atom stereocenters. The Morgan fingerprint density at radius 2 is 1.64 bits per heavy atom. The molecule has 0 unspecified atom stereocenters. The van der Waals surface area contributed by atoms with Crippen LogP contribution in [0, 0.1) is 6.92 Å². The predicted octanol–water partition coefficient (Wildman–Crippen LogP) is 6.84. The first-order valence-electron chi connectivity index (χ1n) is 8.77. The summed E-state index contributed by atoms with van der Waals surface area (Å²) in [5.41, 5.74) is 4.26. The summed E-state index contributed by atoms with van der Waals surface area (Å²) < 4.78 is 2.09. The molecule has 0 spiro atoms. The molecule has 4 aromatic rings. The van der Waals surface area contributed by atoms with Crippen LogP contribution in [0.2, 0.25) is 10.0 Å². The van der Waals surface area contributed by atoms with Crippen LogP contribution in [0.1, 0.15) is 11.1 Å². The molecule has 0 aliphatic rings. The van der Waals surface area contributed by atoms with E-state index in [0.29, 0.717) is 15.8 Å². The van der Waals surface area contributed by atoms with Crippen molar-refractivity contribution in [2.75, 3.05) is 0 Å². The lowest BCUT2D eigenvalue weighted by Crippen LogP contribution is -2.00. The van der Waals surface area contributed by atoms with Gasteiger partial charge >= 0.3 is 0 Å². The molecule has 0 N–H and O–H groups in total. The summed E-state index contributed by atoms with van der Waals surface area (Å²) in [5.74, 6) is 1.50. The quantitative estimate of drug-likeness (QED) is 0.327. The molecule has 3 nitrogen and oxygen atoms in total. The predicted molar refractivity (Wildman–Crippen MR) is 118 cm³/mol. The molecule has 0 fully saturated rings. The highest BCUT2D eigenvalue weighted by Gasteiger charge is 2.17. The van der Waals surface area contributed by atoms with Crippen molar-refractivity contribution < 1.29 is 0 Å². The van der Waals surface area contributed by atoms with Gasteiger partial charge in [0, 0.05) is 27.0 Å². The van der Waals surface area contributed by atoms with Gasteiger partial charge in [0.1, 0.15) is 0 Å². The molecule has 0 bridgehead atoms. The number of para-hydroxylation sites is 1. The van der Waals surface area contributed by atoms with E-state index in [4.69, 9.17) is 23.2 Å². The summed E-state index contributed by atoms with van der Waals surface area (Å²) >= 11 is 13.9. The highest BCUT2D eigenvalue weighted by Crippen LogP contribution is 2.32. The summed E-state index contributed by atoms with van der Waals surface area (Å²) in [6.45, 7) is 2.08.